The van der Waals surface area contributed by atoms with E-state index in [1.54, 1.807) is 0 Å². The van der Waals surface area contributed by atoms with Crippen LogP contribution >= 0.6 is 0 Å². The lowest BCUT2D eigenvalue weighted by Crippen LogP contribution is -1.98. The summed E-state index contributed by atoms with van der Waals surface area (Å²) in [5.41, 5.74) is 1.78. The Morgan fingerprint density at radius 2 is 2.23 bits per heavy atom. The molecule has 1 heterocycles. The lowest BCUT2D eigenvalue weighted by Gasteiger charge is -2.06. The minimum Gasteiger partial charge on any atom is -0.391 e. The summed E-state index contributed by atoms with van der Waals surface area (Å²) in [6.07, 6.45) is 2.21. The maximum atomic E-state index is 9.11. The van der Waals surface area contributed by atoms with Crippen molar-refractivity contribution in [2.24, 2.45) is 0 Å². The minimum absolute atomic E-state index is 0.0265. The summed E-state index contributed by atoms with van der Waals surface area (Å²) in [6.45, 7) is 6.11. The molecule has 0 spiro atoms. The minimum atomic E-state index is 0.0265. The molecular formula is C10H17NO2. The number of hydrogen-bond acceptors (Lipinski definition) is 3. The molecule has 3 heteroatoms. The van der Waals surface area contributed by atoms with Crippen LogP contribution in [0.25, 0.3) is 0 Å². The third-order valence-electron chi connectivity index (χ3n) is 2.36. The zero-order valence-electron chi connectivity index (χ0n) is 8.50. The van der Waals surface area contributed by atoms with Crippen LogP contribution in [-0.2, 0) is 6.61 Å². The number of rotatable bonds is 4. The van der Waals surface area contributed by atoms with Gasteiger partial charge in [-0.2, -0.15) is 0 Å². The molecule has 0 saturated carbocycles. The summed E-state index contributed by atoms with van der Waals surface area (Å²) in [6, 6.07) is 0. The fourth-order valence-corrected chi connectivity index (χ4v) is 1.56. The Morgan fingerprint density at radius 1 is 1.54 bits per heavy atom. The largest absolute Gasteiger partial charge is 0.391 e. The number of aromatic nitrogens is 1. The van der Waals surface area contributed by atoms with E-state index in [9.17, 15) is 0 Å². The molecule has 3 nitrogen and oxygen atoms in total. The molecule has 1 aromatic heterocycles. The molecule has 1 atom stereocenters. The van der Waals surface area contributed by atoms with Gasteiger partial charge in [0.2, 0.25) is 0 Å². The first-order valence-electron chi connectivity index (χ1n) is 4.76. The van der Waals surface area contributed by atoms with Crippen LogP contribution in [-0.4, -0.2) is 10.3 Å². The Labute approximate surface area is 78.7 Å². The monoisotopic (exact) mass is 183 g/mol. The van der Waals surface area contributed by atoms with Crippen molar-refractivity contribution in [1.29, 1.82) is 0 Å². The Balaban J connectivity index is 2.86. The zero-order valence-corrected chi connectivity index (χ0v) is 8.50. The van der Waals surface area contributed by atoms with Crippen molar-refractivity contribution in [3.63, 3.8) is 0 Å². The van der Waals surface area contributed by atoms with Gasteiger partial charge in [-0.25, -0.2) is 0 Å². The van der Waals surface area contributed by atoms with Crippen molar-refractivity contribution in [2.45, 2.75) is 46.1 Å². The summed E-state index contributed by atoms with van der Waals surface area (Å²) in [5, 5.41) is 13.1. The van der Waals surface area contributed by atoms with Crippen LogP contribution in [0, 0.1) is 6.92 Å². The third-order valence-corrected chi connectivity index (χ3v) is 2.36. The van der Waals surface area contributed by atoms with Gasteiger partial charge in [-0.1, -0.05) is 25.4 Å². The zero-order chi connectivity index (χ0) is 9.84. The van der Waals surface area contributed by atoms with Crippen LogP contribution in [0.2, 0.25) is 0 Å². The van der Waals surface area contributed by atoms with Gasteiger partial charge < -0.3 is 9.63 Å². The smallest absolute Gasteiger partial charge is 0.139 e. The first kappa shape index (κ1) is 10.3. The van der Waals surface area contributed by atoms with E-state index in [1.165, 1.54) is 0 Å². The van der Waals surface area contributed by atoms with Crippen LogP contribution < -0.4 is 0 Å². The third kappa shape index (κ3) is 2.10. The number of hydrogen-bond donors (Lipinski definition) is 1. The Hall–Kier alpha value is -0.830. The predicted octanol–water partition coefficient (Wildman–Crippen LogP) is 2.38. The van der Waals surface area contributed by atoms with Gasteiger partial charge in [-0.05, 0) is 13.3 Å². The van der Waals surface area contributed by atoms with Gasteiger partial charge in [0.1, 0.15) is 5.76 Å². The quantitative estimate of drug-likeness (QED) is 0.779. The van der Waals surface area contributed by atoms with Gasteiger partial charge >= 0.3 is 0 Å². The highest BCUT2D eigenvalue weighted by Gasteiger charge is 2.16. The van der Waals surface area contributed by atoms with Crippen LogP contribution in [0.1, 0.15) is 49.6 Å². The number of aliphatic hydroxyl groups excluding tert-OH is 1. The van der Waals surface area contributed by atoms with Crippen molar-refractivity contribution in [3.8, 4) is 0 Å². The van der Waals surface area contributed by atoms with E-state index in [-0.39, 0.29) is 6.61 Å². The topological polar surface area (TPSA) is 46.3 Å². The molecule has 1 N–H and O–H groups in total. The van der Waals surface area contributed by atoms with E-state index in [0.717, 1.165) is 29.9 Å². The molecule has 0 aliphatic rings. The average Bonchev–Trinajstić information content (AvgIpc) is 2.47. The van der Waals surface area contributed by atoms with Gasteiger partial charge in [-0.15, -0.1) is 0 Å². The van der Waals surface area contributed by atoms with Gasteiger partial charge in [-0.3, -0.25) is 0 Å². The van der Waals surface area contributed by atoms with Gasteiger partial charge in [0, 0.05) is 11.5 Å². The molecule has 0 amide bonds. The molecule has 74 valence electrons. The van der Waals surface area contributed by atoms with Gasteiger partial charge in [0.15, 0.2) is 0 Å². The van der Waals surface area contributed by atoms with E-state index in [2.05, 4.69) is 19.0 Å². The summed E-state index contributed by atoms with van der Waals surface area (Å²) in [5.74, 6) is 1.12. The molecule has 0 aliphatic carbocycles. The Morgan fingerprint density at radius 3 is 2.77 bits per heavy atom. The van der Waals surface area contributed by atoms with Crippen molar-refractivity contribution >= 4 is 0 Å². The highest BCUT2D eigenvalue weighted by molar-refractivity contribution is 5.23. The van der Waals surface area contributed by atoms with E-state index in [0.29, 0.717) is 5.92 Å². The van der Waals surface area contributed by atoms with E-state index < -0.39 is 0 Å². The summed E-state index contributed by atoms with van der Waals surface area (Å²) in [7, 11) is 0. The molecule has 0 aromatic carbocycles. The number of nitrogens with zero attached hydrogens (tertiary/aromatic N) is 1. The average molecular weight is 183 g/mol. The van der Waals surface area contributed by atoms with E-state index in [4.69, 9.17) is 9.63 Å². The second kappa shape index (κ2) is 4.42. The van der Waals surface area contributed by atoms with Crippen LogP contribution in [0.5, 0.6) is 0 Å². The maximum Gasteiger partial charge on any atom is 0.139 e. The number of aliphatic hydroxyl groups is 1. The molecule has 0 radical (unpaired) electrons. The fraction of sp³-hybridized carbons (Fsp3) is 0.700. The van der Waals surface area contributed by atoms with E-state index >= 15 is 0 Å². The molecule has 1 rings (SSSR count). The molecule has 0 fully saturated rings. The second-order valence-corrected chi connectivity index (χ2v) is 3.45. The SMILES string of the molecule is CCCC(C)c1noc(C)c1CO. The molecule has 0 saturated heterocycles. The van der Waals surface area contributed by atoms with Crippen molar-refractivity contribution in [1.82, 2.24) is 5.16 Å². The first-order chi connectivity index (χ1) is 6.20. The first-order valence-corrected chi connectivity index (χ1v) is 4.76. The van der Waals surface area contributed by atoms with Crippen LogP contribution in [0.15, 0.2) is 4.52 Å². The second-order valence-electron chi connectivity index (χ2n) is 3.45. The lowest BCUT2D eigenvalue weighted by atomic mass is 9.98. The summed E-state index contributed by atoms with van der Waals surface area (Å²) in [4.78, 5) is 0. The molecule has 1 unspecified atom stereocenters. The molecule has 1 aromatic rings. The van der Waals surface area contributed by atoms with E-state index in [1.807, 2.05) is 6.92 Å². The maximum absolute atomic E-state index is 9.11. The molecular weight excluding hydrogens is 166 g/mol. The highest BCUT2D eigenvalue weighted by Crippen LogP contribution is 2.25. The number of aryl methyl sites for hydroxylation is 1. The van der Waals surface area contributed by atoms with Crippen molar-refractivity contribution in [2.75, 3.05) is 0 Å². The molecule has 0 aliphatic heterocycles. The lowest BCUT2D eigenvalue weighted by molar-refractivity contribution is 0.277. The fourth-order valence-electron chi connectivity index (χ4n) is 1.56. The Bertz CT molecular complexity index is 268. The van der Waals surface area contributed by atoms with Gasteiger partial charge in [0.05, 0.1) is 12.3 Å². The van der Waals surface area contributed by atoms with Crippen molar-refractivity contribution < 1.29 is 9.63 Å². The van der Waals surface area contributed by atoms with Crippen LogP contribution in [0.3, 0.4) is 0 Å². The molecule has 0 bridgehead atoms. The van der Waals surface area contributed by atoms with Crippen molar-refractivity contribution in [3.05, 3.63) is 17.0 Å². The summed E-state index contributed by atoms with van der Waals surface area (Å²) >= 11 is 0. The summed E-state index contributed by atoms with van der Waals surface area (Å²) < 4.78 is 5.04. The molecule has 13 heavy (non-hydrogen) atoms. The normalized spacial score (nSPS) is 13.2. The predicted molar refractivity (Wildman–Crippen MR) is 50.5 cm³/mol. The standard InChI is InChI=1S/C10H17NO2/c1-4-5-7(2)10-9(6-12)8(3)13-11-10/h7,12H,4-6H2,1-3H3. The Kier molecular flexibility index (Phi) is 3.48. The van der Waals surface area contributed by atoms with Crippen LogP contribution in [0.4, 0.5) is 0 Å². The van der Waals surface area contributed by atoms with Gasteiger partial charge in [0.25, 0.3) is 0 Å². The highest BCUT2D eigenvalue weighted by atomic mass is 16.5.